The van der Waals surface area contributed by atoms with Crippen LogP contribution in [0.4, 0.5) is 5.69 Å². The number of hydrogen-bond donors (Lipinski definition) is 2. The highest BCUT2D eigenvalue weighted by Gasteiger charge is 2.29. The summed E-state index contributed by atoms with van der Waals surface area (Å²) in [6, 6.07) is 5.81. The first kappa shape index (κ1) is 19.1. The second-order valence-corrected chi connectivity index (χ2v) is 8.25. The van der Waals surface area contributed by atoms with Crippen LogP contribution >= 0.6 is 0 Å². The minimum absolute atomic E-state index is 0.223. The van der Waals surface area contributed by atoms with Crippen molar-refractivity contribution in [1.29, 1.82) is 0 Å². The summed E-state index contributed by atoms with van der Waals surface area (Å²) in [7, 11) is 0. The number of hydrogen-bond acceptors (Lipinski definition) is 3. The summed E-state index contributed by atoms with van der Waals surface area (Å²) < 4.78 is 1.90. The van der Waals surface area contributed by atoms with Gasteiger partial charge in [-0.3, -0.25) is 9.59 Å². The van der Waals surface area contributed by atoms with Gasteiger partial charge in [-0.25, -0.2) is 4.98 Å². The Bertz CT molecular complexity index is 890. The number of rotatable bonds is 3. The normalized spacial score (nSPS) is 13.8. The molecule has 0 fully saturated rings. The fourth-order valence-electron chi connectivity index (χ4n) is 3.36. The summed E-state index contributed by atoms with van der Waals surface area (Å²) in [6.07, 6.45) is 2.74. The van der Waals surface area contributed by atoms with E-state index in [1.165, 1.54) is 0 Å². The van der Waals surface area contributed by atoms with Crippen molar-refractivity contribution in [2.24, 2.45) is 0 Å². The lowest BCUT2D eigenvalue weighted by Crippen LogP contribution is -2.41. The first-order valence-corrected chi connectivity index (χ1v) is 9.47. The molecule has 2 heterocycles. The van der Waals surface area contributed by atoms with Crippen molar-refractivity contribution in [3.63, 3.8) is 0 Å². The number of nitrogens with one attached hydrogen (secondary N) is 2. The number of carbonyl (C=O) groups is 2. The van der Waals surface area contributed by atoms with Crippen LogP contribution in [0.1, 0.15) is 71.5 Å². The molecule has 1 aromatic carbocycles. The third kappa shape index (κ3) is 4.04. The van der Waals surface area contributed by atoms with Gasteiger partial charge in [0.05, 0.1) is 5.69 Å². The molecular formula is C21H28N4O2. The van der Waals surface area contributed by atoms with Crippen LogP contribution < -0.4 is 10.6 Å². The van der Waals surface area contributed by atoms with E-state index in [2.05, 4.69) is 15.6 Å². The molecule has 0 saturated carbocycles. The Balaban J connectivity index is 1.94. The number of benzene rings is 1. The lowest BCUT2D eigenvalue weighted by Gasteiger charge is -2.21. The molecule has 144 valence electrons. The van der Waals surface area contributed by atoms with Crippen molar-refractivity contribution in [1.82, 2.24) is 14.9 Å². The largest absolute Gasteiger partial charge is 0.346 e. The van der Waals surface area contributed by atoms with Crippen LogP contribution in [0.2, 0.25) is 0 Å². The molecule has 1 aliphatic heterocycles. The van der Waals surface area contributed by atoms with Crippen LogP contribution in [0, 0.1) is 13.8 Å². The fourth-order valence-corrected chi connectivity index (χ4v) is 3.36. The van der Waals surface area contributed by atoms with Gasteiger partial charge in [0.2, 0.25) is 0 Å². The summed E-state index contributed by atoms with van der Waals surface area (Å²) in [4.78, 5) is 30.1. The van der Waals surface area contributed by atoms with Gasteiger partial charge in [0.15, 0.2) is 5.82 Å². The molecule has 1 aromatic heterocycles. The monoisotopic (exact) mass is 368 g/mol. The van der Waals surface area contributed by atoms with E-state index in [0.29, 0.717) is 18.1 Å². The van der Waals surface area contributed by atoms with Gasteiger partial charge in [-0.1, -0.05) is 12.1 Å². The highest BCUT2D eigenvalue weighted by Crippen LogP contribution is 2.24. The Morgan fingerprint density at radius 2 is 1.85 bits per heavy atom. The van der Waals surface area contributed by atoms with Crippen LogP contribution in [-0.2, 0) is 13.0 Å². The number of carbonyl (C=O) groups excluding carboxylic acids is 2. The van der Waals surface area contributed by atoms with Crippen molar-refractivity contribution < 1.29 is 9.59 Å². The Kier molecular flexibility index (Phi) is 5.09. The third-order valence-corrected chi connectivity index (χ3v) is 4.88. The molecule has 6 heteroatoms. The van der Waals surface area contributed by atoms with Gasteiger partial charge in [0.25, 0.3) is 11.8 Å². The number of anilines is 1. The second-order valence-electron chi connectivity index (χ2n) is 8.25. The maximum atomic E-state index is 12.9. The number of aromatic nitrogens is 2. The topological polar surface area (TPSA) is 76.0 Å². The minimum Gasteiger partial charge on any atom is -0.346 e. The standard InChI is InChI=1S/C21H28N4O2/c1-13-9-8-10-15(14(13)2)22-20(27)18-23-17(19(26)24-21(3,4)5)16-11-6-7-12-25(16)18/h8-10H,6-7,11-12H2,1-5H3,(H,22,27)(H,24,26). The van der Waals surface area contributed by atoms with Crippen LogP contribution in [0.15, 0.2) is 18.2 Å². The van der Waals surface area contributed by atoms with Crippen molar-refractivity contribution in [3.05, 3.63) is 46.5 Å². The average Bonchev–Trinajstić information content (AvgIpc) is 2.97. The number of imidazole rings is 1. The van der Waals surface area contributed by atoms with Crippen LogP contribution in [0.25, 0.3) is 0 Å². The number of nitrogens with zero attached hydrogens (tertiary/aromatic N) is 2. The van der Waals surface area contributed by atoms with E-state index >= 15 is 0 Å². The Morgan fingerprint density at radius 3 is 2.56 bits per heavy atom. The van der Waals surface area contributed by atoms with Gasteiger partial charge in [-0.2, -0.15) is 0 Å². The molecule has 2 aromatic rings. The lowest BCUT2D eigenvalue weighted by atomic mass is 10.1. The van der Waals surface area contributed by atoms with Gasteiger partial charge in [-0.15, -0.1) is 0 Å². The van der Waals surface area contributed by atoms with E-state index in [1.807, 2.05) is 57.4 Å². The lowest BCUT2D eigenvalue weighted by molar-refractivity contribution is 0.0913. The molecule has 1 aliphatic rings. The minimum atomic E-state index is -0.358. The first-order chi connectivity index (χ1) is 12.7. The quantitative estimate of drug-likeness (QED) is 0.869. The van der Waals surface area contributed by atoms with Gasteiger partial charge < -0.3 is 15.2 Å². The van der Waals surface area contributed by atoms with Crippen LogP contribution in [0.5, 0.6) is 0 Å². The zero-order valence-corrected chi connectivity index (χ0v) is 16.8. The predicted molar refractivity (Wildman–Crippen MR) is 106 cm³/mol. The predicted octanol–water partition coefficient (Wildman–Crippen LogP) is 3.62. The molecule has 27 heavy (non-hydrogen) atoms. The van der Waals surface area contributed by atoms with Crippen molar-refractivity contribution in [2.45, 2.75) is 66.0 Å². The Labute approximate surface area is 160 Å². The Hall–Kier alpha value is -2.63. The summed E-state index contributed by atoms with van der Waals surface area (Å²) in [5.41, 5.74) is 3.78. The summed E-state index contributed by atoms with van der Waals surface area (Å²) >= 11 is 0. The molecule has 0 unspecified atom stereocenters. The zero-order valence-electron chi connectivity index (χ0n) is 16.8. The van der Waals surface area contributed by atoms with E-state index in [4.69, 9.17) is 0 Å². The molecule has 2 amide bonds. The van der Waals surface area contributed by atoms with Gasteiger partial charge >= 0.3 is 0 Å². The zero-order chi connectivity index (χ0) is 19.8. The molecule has 0 radical (unpaired) electrons. The third-order valence-electron chi connectivity index (χ3n) is 4.88. The summed E-state index contributed by atoms with van der Waals surface area (Å²) in [6.45, 7) is 10.5. The molecular weight excluding hydrogens is 340 g/mol. The smallest absolute Gasteiger partial charge is 0.291 e. The van der Waals surface area contributed by atoms with Crippen molar-refractivity contribution >= 4 is 17.5 Å². The summed E-state index contributed by atoms with van der Waals surface area (Å²) in [5.74, 6) is -0.190. The molecule has 0 atom stereocenters. The number of amides is 2. The Morgan fingerprint density at radius 1 is 1.11 bits per heavy atom. The molecule has 0 aliphatic carbocycles. The molecule has 0 bridgehead atoms. The molecule has 0 spiro atoms. The summed E-state index contributed by atoms with van der Waals surface area (Å²) in [5, 5.41) is 5.92. The van der Waals surface area contributed by atoms with E-state index in [0.717, 1.165) is 41.8 Å². The van der Waals surface area contributed by atoms with Crippen molar-refractivity contribution in [3.8, 4) is 0 Å². The van der Waals surface area contributed by atoms with Crippen molar-refractivity contribution in [2.75, 3.05) is 5.32 Å². The highest BCUT2D eigenvalue weighted by atomic mass is 16.2. The number of aryl methyl sites for hydroxylation is 1. The number of fused-ring (bicyclic) bond motifs is 1. The van der Waals surface area contributed by atoms with Crippen LogP contribution in [-0.4, -0.2) is 26.9 Å². The van der Waals surface area contributed by atoms with E-state index in [-0.39, 0.29) is 17.4 Å². The SMILES string of the molecule is Cc1cccc(NC(=O)c2nc(C(=O)NC(C)(C)C)c3n2CCCC3)c1C. The van der Waals surface area contributed by atoms with E-state index < -0.39 is 0 Å². The molecule has 2 N–H and O–H groups in total. The highest BCUT2D eigenvalue weighted by molar-refractivity contribution is 6.04. The van der Waals surface area contributed by atoms with Gasteiger partial charge in [0.1, 0.15) is 5.69 Å². The van der Waals surface area contributed by atoms with Gasteiger partial charge in [-0.05, 0) is 71.1 Å². The molecule has 0 saturated heterocycles. The first-order valence-electron chi connectivity index (χ1n) is 9.47. The fraction of sp³-hybridized carbons (Fsp3) is 0.476. The average molecular weight is 368 g/mol. The molecule has 3 rings (SSSR count). The maximum Gasteiger partial charge on any atom is 0.291 e. The van der Waals surface area contributed by atoms with Gasteiger partial charge in [0, 0.05) is 17.8 Å². The van der Waals surface area contributed by atoms with E-state index in [1.54, 1.807) is 0 Å². The van der Waals surface area contributed by atoms with Crippen LogP contribution in [0.3, 0.4) is 0 Å². The maximum absolute atomic E-state index is 12.9. The van der Waals surface area contributed by atoms with E-state index in [9.17, 15) is 9.59 Å². The molecule has 6 nitrogen and oxygen atoms in total. The second kappa shape index (κ2) is 7.18.